The Hall–Kier alpha value is -2.87. The van der Waals surface area contributed by atoms with Crippen LogP contribution in [0.15, 0.2) is 28.0 Å². The summed E-state index contributed by atoms with van der Waals surface area (Å²) < 4.78 is 1.05. The predicted octanol–water partition coefficient (Wildman–Crippen LogP) is 2.64. The van der Waals surface area contributed by atoms with E-state index in [1.165, 1.54) is 13.3 Å². The van der Waals surface area contributed by atoms with Crippen LogP contribution in [0.4, 0.5) is 5.69 Å². The largest absolute Gasteiger partial charge is 0.494 e. The van der Waals surface area contributed by atoms with Gasteiger partial charge in [0.25, 0.3) is 5.56 Å². The van der Waals surface area contributed by atoms with Gasteiger partial charge >= 0.3 is 0 Å². The molecule has 0 aliphatic carbocycles. The van der Waals surface area contributed by atoms with Crippen LogP contribution in [0.25, 0.3) is 0 Å². The van der Waals surface area contributed by atoms with Crippen LogP contribution in [0, 0.1) is 32.1 Å². The summed E-state index contributed by atoms with van der Waals surface area (Å²) >= 11 is 0. The second-order valence-electron chi connectivity index (χ2n) is 5.26. The lowest BCUT2D eigenvalue weighted by molar-refractivity contribution is 0.421. The highest BCUT2D eigenvalue weighted by molar-refractivity contribution is 5.87. The fourth-order valence-corrected chi connectivity index (χ4v) is 2.19. The van der Waals surface area contributed by atoms with Crippen molar-refractivity contribution < 1.29 is 5.11 Å². The zero-order chi connectivity index (χ0) is 16.4. The number of aliphatic imine (C=N–C) groups is 1. The van der Waals surface area contributed by atoms with E-state index in [-0.39, 0.29) is 11.4 Å². The number of hydrogen-bond donors (Lipinski definition) is 1. The SMILES string of the molecule is Cc1ccc(C)c(N=Cc2c(C)c(C#N)c(=O)n(C)c2O)c1. The van der Waals surface area contributed by atoms with E-state index in [4.69, 9.17) is 5.26 Å². The van der Waals surface area contributed by atoms with Gasteiger partial charge in [0, 0.05) is 13.3 Å². The minimum absolute atomic E-state index is 0.0164. The molecule has 0 bridgehead atoms. The Morgan fingerprint density at radius 3 is 2.64 bits per heavy atom. The topological polar surface area (TPSA) is 78.4 Å². The third-order valence-electron chi connectivity index (χ3n) is 3.67. The minimum atomic E-state index is -0.513. The molecule has 0 aliphatic heterocycles. The van der Waals surface area contributed by atoms with Crippen LogP contribution in [-0.2, 0) is 7.05 Å². The molecule has 1 N–H and O–H groups in total. The normalized spacial score (nSPS) is 10.9. The van der Waals surface area contributed by atoms with E-state index in [9.17, 15) is 9.90 Å². The Morgan fingerprint density at radius 1 is 1.32 bits per heavy atom. The molecule has 0 fully saturated rings. The molecule has 0 atom stereocenters. The van der Waals surface area contributed by atoms with Crippen molar-refractivity contribution in [2.45, 2.75) is 20.8 Å². The van der Waals surface area contributed by atoms with E-state index >= 15 is 0 Å². The first-order valence-corrected chi connectivity index (χ1v) is 6.80. The maximum Gasteiger partial charge on any atom is 0.271 e. The molecule has 0 radical (unpaired) electrons. The van der Waals surface area contributed by atoms with Crippen molar-refractivity contribution in [1.29, 1.82) is 5.26 Å². The molecule has 0 amide bonds. The van der Waals surface area contributed by atoms with Crippen molar-refractivity contribution in [3.63, 3.8) is 0 Å². The molecule has 112 valence electrons. The van der Waals surface area contributed by atoms with Gasteiger partial charge in [-0.15, -0.1) is 0 Å². The van der Waals surface area contributed by atoms with E-state index in [1.807, 2.05) is 38.1 Å². The second-order valence-corrected chi connectivity index (χ2v) is 5.26. The van der Waals surface area contributed by atoms with Gasteiger partial charge in [0.05, 0.1) is 11.3 Å². The number of nitrogens with zero attached hydrogens (tertiary/aromatic N) is 3. The van der Waals surface area contributed by atoms with Crippen molar-refractivity contribution in [3.8, 4) is 11.9 Å². The number of nitriles is 1. The van der Waals surface area contributed by atoms with Gasteiger partial charge in [-0.25, -0.2) is 0 Å². The maximum atomic E-state index is 11.9. The number of aryl methyl sites for hydroxylation is 2. The summed E-state index contributed by atoms with van der Waals surface area (Å²) in [4.78, 5) is 16.3. The molecule has 2 rings (SSSR count). The molecule has 1 aromatic carbocycles. The van der Waals surface area contributed by atoms with Crippen molar-refractivity contribution in [2.24, 2.45) is 12.0 Å². The van der Waals surface area contributed by atoms with Crippen molar-refractivity contribution in [1.82, 2.24) is 4.57 Å². The van der Waals surface area contributed by atoms with E-state index in [0.29, 0.717) is 11.1 Å². The summed E-state index contributed by atoms with van der Waals surface area (Å²) in [7, 11) is 1.42. The highest BCUT2D eigenvalue weighted by Crippen LogP contribution is 2.23. The summed E-state index contributed by atoms with van der Waals surface area (Å²) in [6, 6.07) is 7.79. The zero-order valence-corrected chi connectivity index (χ0v) is 13.0. The molecule has 2 aromatic rings. The lowest BCUT2D eigenvalue weighted by atomic mass is 10.1. The quantitative estimate of drug-likeness (QED) is 0.865. The first-order valence-electron chi connectivity index (χ1n) is 6.80. The molecule has 0 spiro atoms. The molecule has 0 unspecified atom stereocenters. The smallest absolute Gasteiger partial charge is 0.271 e. The third kappa shape index (κ3) is 2.63. The summed E-state index contributed by atoms with van der Waals surface area (Å²) in [5, 5.41) is 19.3. The molecule has 0 aliphatic rings. The molecule has 1 aromatic heterocycles. The van der Waals surface area contributed by atoms with Crippen LogP contribution in [0.5, 0.6) is 5.88 Å². The molecule has 5 nitrogen and oxygen atoms in total. The average molecular weight is 295 g/mol. The number of aromatic nitrogens is 1. The molecule has 5 heteroatoms. The Morgan fingerprint density at radius 2 is 2.00 bits per heavy atom. The number of rotatable bonds is 2. The van der Waals surface area contributed by atoms with Crippen LogP contribution in [0.1, 0.15) is 27.8 Å². The highest BCUT2D eigenvalue weighted by Gasteiger charge is 2.15. The molecular formula is C17H17N3O2. The Kier molecular flexibility index (Phi) is 4.13. The molecule has 22 heavy (non-hydrogen) atoms. The lowest BCUT2D eigenvalue weighted by Gasteiger charge is -2.10. The van der Waals surface area contributed by atoms with Gasteiger partial charge in [-0.05, 0) is 43.5 Å². The Labute approximate surface area is 128 Å². The summed E-state index contributed by atoms with van der Waals surface area (Å²) in [6.45, 7) is 5.55. The maximum absolute atomic E-state index is 11.9. The van der Waals surface area contributed by atoms with Crippen molar-refractivity contribution in [2.75, 3.05) is 0 Å². The first-order chi connectivity index (χ1) is 10.4. The number of aromatic hydroxyl groups is 1. The van der Waals surface area contributed by atoms with E-state index in [0.717, 1.165) is 21.4 Å². The van der Waals surface area contributed by atoms with Gasteiger partial charge in [0.1, 0.15) is 11.6 Å². The Bertz CT molecular complexity index is 871. The van der Waals surface area contributed by atoms with Crippen LogP contribution < -0.4 is 5.56 Å². The Balaban J connectivity index is 2.62. The van der Waals surface area contributed by atoms with Gasteiger partial charge in [-0.2, -0.15) is 5.26 Å². The predicted molar refractivity (Wildman–Crippen MR) is 86.0 cm³/mol. The van der Waals surface area contributed by atoms with Crippen LogP contribution >= 0.6 is 0 Å². The molecular weight excluding hydrogens is 278 g/mol. The highest BCUT2D eigenvalue weighted by atomic mass is 16.3. The van der Waals surface area contributed by atoms with Gasteiger partial charge in [0.15, 0.2) is 0 Å². The summed E-state index contributed by atoms with van der Waals surface area (Å²) in [5.74, 6) is -0.199. The summed E-state index contributed by atoms with van der Waals surface area (Å²) in [6.07, 6.45) is 1.49. The number of hydrogen-bond acceptors (Lipinski definition) is 4. The fourth-order valence-electron chi connectivity index (χ4n) is 2.19. The van der Waals surface area contributed by atoms with E-state index in [1.54, 1.807) is 6.92 Å². The first kappa shape index (κ1) is 15.5. The van der Waals surface area contributed by atoms with E-state index in [2.05, 4.69) is 4.99 Å². The van der Waals surface area contributed by atoms with E-state index < -0.39 is 5.56 Å². The number of benzene rings is 1. The second kappa shape index (κ2) is 5.86. The molecule has 0 saturated carbocycles. The molecule has 0 saturated heterocycles. The zero-order valence-electron chi connectivity index (χ0n) is 13.0. The average Bonchev–Trinajstić information content (AvgIpc) is 2.49. The van der Waals surface area contributed by atoms with Gasteiger partial charge < -0.3 is 5.11 Å². The standard InChI is InChI=1S/C17H17N3O2/c1-10-5-6-11(2)15(7-10)19-9-14-12(3)13(8-18)16(21)20(4)17(14)22/h5-7,9,22H,1-4H3. The van der Waals surface area contributed by atoms with Crippen molar-refractivity contribution >= 4 is 11.9 Å². The monoisotopic (exact) mass is 295 g/mol. The number of pyridine rings is 1. The van der Waals surface area contributed by atoms with Crippen LogP contribution in [-0.4, -0.2) is 15.9 Å². The van der Waals surface area contributed by atoms with Crippen LogP contribution in [0.3, 0.4) is 0 Å². The van der Waals surface area contributed by atoms with Gasteiger partial charge in [-0.1, -0.05) is 12.1 Å². The van der Waals surface area contributed by atoms with Crippen LogP contribution in [0.2, 0.25) is 0 Å². The molecule has 1 heterocycles. The lowest BCUT2D eigenvalue weighted by Crippen LogP contribution is -2.22. The third-order valence-corrected chi connectivity index (χ3v) is 3.67. The fraction of sp³-hybridized carbons (Fsp3) is 0.235. The minimum Gasteiger partial charge on any atom is -0.494 e. The van der Waals surface area contributed by atoms with Crippen molar-refractivity contribution in [3.05, 3.63) is 56.4 Å². The van der Waals surface area contributed by atoms with Gasteiger partial charge in [-0.3, -0.25) is 14.4 Å². The summed E-state index contributed by atoms with van der Waals surface area (Å²) in [5.41, 5.74) is 3.17. The van der Waals surface area contributed by atoms with Gasteiger partial charge in [0.2, 0.25) is 5.88 Å².